The summed E-state index contributed by atoms with van der Waals surface area (Å²) < 4.78 is 6.30. The van der Waals surface area contributed by atoms with Crippen LogP contribution in [0.15, 0.2) is 15.9 Å². The first kappa shape index (κ1) is 14.9. The highest BCUT2D eigenvalue weighted by molar-refractivity contribution is 9.10. The maximum absolute atomic E-state index is 12.4. The Morgan fingerprint density at radius 2 is 2.26 bits per heavy atom. The first-order valence-corrected chi connectivity index (χ1v) is 8.02. The van der Waals surface area contributed by atoms with E-state index in [0.717, 1.165) is 9.35 Å². The van der Waals surface area contributed by atoms with E-state index in [1.54, 1.807) is 11.3 Å². The van der Waals surface area contributed by atoms with Gasteiger partial charge in [-0.2, -0.15) is 0 Å². The molecule has 19 heavy (non-hydrogen) atoms. The van der Waals surface area contributed by atoms with Gasteiger partial charge in [-0.1, -0.05) is 12.2 Å². The van der Waals surface area contributed by atoms with Gasteiger partial charge in [0.25, 0.3) is 0 Å². The number of rotatable bonds is 4. The zero-order chi connectivity index (χ0) is 13.9. The summed E-state index contributed by atoms with van der Waals surface area (Å²) >= 11 is 10.1. The first-order chi connectivity index (χ1) is 9.06. The monoisotopic (exact) mass is 362 g/mol. The number of amides is 1. The Balaban J connectivity index is 2.04. The Morgan fingerprint density at radius 1 is 1.58 bits per heavy atom. The lowest BCUT2D eigenvalue weighted by atomic mass is 9.79. The van der Waals surface area contributed by atoms with Crippen molar-refractivity contribution >= 4 is 50.4 Å². The Labute approximate surface area is 129 Å². The molecular formula is C12H15BrN2O2S2. The van der Waals surface area contributed by atoms with E-state index in [-0.39, 0.29) is 10.9 Å². The molecule has 4 nitrogen and oxygen atoms in total. The van der Waals surface area contributed by atoms with E-state index < -0.39 is 5.41 Å². The van der Waals surface area contributed by atoms with Crippen LogP contribution in [0, 0.1) is 5.41 Å². The average Bonchev–Trinajstić information content (AvgIpc) is 2.82. The highest BCUT2D eigenvalue weighted by Gasteiger charge is 2.42. The molecule has 1 fully saturated rings. The quantitative estimate of drug-likeness (QED) is 0.806. The van der Waals surface area contributed by atoms with Crippen molar-refractivity contribution in [3.8, 4) is 0 Å². The standard InChI is InChI=1S/C12H15BrN2O2S2/c13-8-1-6-19-9(8)7-15-11(16)12(10(14)18)2-4-17-5-3-12/h1,6H,2-5,7H2,(H2,14,18)(H,15,16). The smallest absolute Gasteiger partial charge is 0.233 e. The molecule has 3 N–H and O–H groups in total. The molecule has 0 bridgehead atoms. The fourth-order valence-electron chi connectivity index (χ4n) is 2.09. The van der Waals surface area contributed by atoms with Gasteiger partial charge in [-0.05, 0) is 40.2 Å². The summed E-state index contributed by atoms with van der Waals surface area (Å²) in [5.74, 6) is -0.0939. The fraction of sp³-hybridized carbons (Fsp3) is 0.500. The van der Waals surface area contributed by atoms with Crippen LogP contribution in [0.3, 0.4) is 0 Å². The number of hydrogen-bond acceptors (Lipinski definition) is 4. The predicted molar refractivity (Wildman–Crippen MR) is 83.1 cm³/mol. The Bertz CT molecular complexity index is 484. The topological polar surface area (TPSA) is 64.4 Å². The van der Waals surface area contributed by atoms with E-state index in [9.17, 15) is 4.79 Å². The lowest BCUT2D eigenvalue weighted by Gasteiger charge is -2.34. The number of nitrogens with two attached hydrogens (primary N) is 1. The molecule has 2 heterocycles. The number of carbonyl (C=O) groups excluding carboxylic acids is 1. The molecule has 0 radical (unpaired) electrons. The van der Waals surface area contributed by atoms with E-state index in [1.165, 1.54) is 0 Å². The summed E-state index contributed by atoms with van der Waals surface area (Å²) in [4.78, 5) is 13.8. The Kier molecular flexibility index (Phi) is 4.94. The minimum Gasteiger partial charge on any atom is -0.392 e. The lowest BCUT2D eigenvalue weighted by molar-refractivity contribution is -0.131. The van der Waals surface area contributed by atoms with Gasteiger partial charge in [-0.15, -0.1) is 11.3 Å². The van der Waals surface area contributed by atoms with Crippen LogP contribution in [0.1, 0.15) is 17.7 Å². The van der Waals surface area contributed by atoms with Crippen LogP contribution in [-0.2, 0) is 16.1 Å². The van der Waals surface area contributed by atoms with Gasteiger partial charge in [-0.25, -0.2) is 0 Å². The summed E-state index contributed by atoms with van der Waals surface area (Å²) in [7, 11) is 0. The normalized spacial score (nSPS) is 17.9. The SMILES string of the molecule is NC(=S)C1(C(=O)NCc2sccc2Br)CCOCC1. The zero-order valence-corrected chi connectivity index (χ0v) is 13.5. The van der Waals surface area contributed by atoms with Crippen molar-refractivity contribution in [1.82, 2.24) is 5.32 Å². The summed E-state index contributed by atoms with van der Waals surface area (Å²) in [5.41, 5.74) is 5.04. The van der Waals surface area contributed by atoms with Crippen LogP contribution in [0.5, 0.6) is 0 Å². The zero-order valence-electron chi connectivity index (χ0n) is 10.3. The number of halogens is 1. The minimum atomic E-state index is -0.753. The molecule has 1 saturated heterocycles. The summed E-state index contributed by atoms with van der Waals surface area (Å²) in [6.45, 7) is 1.53. The Morgan fingerprint density at radius 3 is 2.79 bits per heavy atom. The molecule has 1 aromatic rings. The minimum absolute atomic E-state index is 0.0939. The maximum Gasteiger partial charge on any atom is 0.233 e. The highest BCUT2D eigenvalue weighted by Crippen LogP contribution is 2.31. The van der Waals surface area contributed by atoms with Crippen molar-refractivity contribution in [3.05, 3.63) is 20.8 Å². The van der Waals surface area contributed by atoms with Gasteiger partial charge < -0.3 is 15.8 Å². The maximum atomic E-state index is 12.4. The van der Waals surface area contributed by atoms with Crippen LogP contribution in [0.4, 0.5) is 0 Å². The molecule has 0 atom stereocenters. The van der Waals surface area contributed by atoms with E-state index in [1.807, 2.05) is 11.4 Å². The number of thiophene rings is 1. The molecule has 104 valence electrons. The predicted octanol–water partition coefficient (Wildman–Crippen LogP) is 2.21. The number of carbonyl (C=O) groups is 1. The van der Waals surface area contributed by atoms with E-state index in [0.29, 0.717) is 32.6 Å². The number of ether oxygens (including phenoxy) is 1. The van der Waals surface area contributed by atoms with Gasteiger partial charge in [0, 0.05) is 22.6 Å². The van der Waals surface area contributed by atoms with Crippen LogP contribution in [0.2, 0.25) is 0 Å². The van der Waals surface area contributed by atoms with Gasteiger partial charge in [0.05, 0.1) is 11.5 Å². The van der Waals surface area contributed by atoms with Crippen LogP contribution in [-0.4, -0.2) is 24.1 Å². The van der Waals surface area contributed by atoms with Gasteiger partial charge in [-0.3, -0.25) is 4.79 Å². The third-order valence-electron chi connectivity index (χ3n) is 3.35. The van der Waals surface area contributed by atoms with Gasteiger partial charge >= 0.3 is 0 Å². The second-order valence-electron chi connectivity index (χ2n) is 4.43. The van der Waals surface area contributed by atoms with E-state index in [4.69, 9.17) is 22.7 Å². The van der Waals surface area contributed by atoms with E-state index in [2.05, 4.69) is 21.2 Å². The molecule has 0 unspecified atom stereocenters. The van der Waals surface area contributed by atoms with Crippen LogP contribution >= 0.6 is 39.5 Å². The fourth-order valence-corrected chi connectivity index (χ4v) is 3.82. The second kappa shape index (κ2) is 6.30. The molecule has 0 aliphatic carbocycles. The van der Waals surface area contributed by atoms with Crippen molar-refractivity contribution < 1.29 is 9.53 Å². The van der Waals surface area contributed by atoms with Crippen molar-refractivity contribution in [2.45, 2.75) is 19.4 Å². The van der Waals surface area contributed by atoms with Crippen LogP contribution in [0.25, 0.3) is 0 Å². The molecule has 1 aromatic heterocycles. The van der Waals surface area contributed by atoms with E-state index >= 15 is 0 Å². The highest BCUT2D eigenvalue weighted by atomic mass is 79.9. The molecule has 0 saturated carbocycles. The number of hydrogen-bond donors (Lipinski definition) is 2. The van der Waals surface area contributed by atoms with Crippen LogP contribution < -0.4 is 11.1 Å². The molecule has 1 aliphatic rings. The van der Waals surface area contributed by atoms with Gasteiger partial charge in [0.15, 0.2) is 0 Å². The number of nitrogens with one attached hydrogen (secondary N) is 1. The third-order valence-corrected chi connectivity index (χ3v) is 5.67. The van der Waals surface area contributed by atoms with Crippen molar-refractivity contribution in [3.63, 3.8) is 0 Å². The molecule has 0 aromatic carbocycles. The third kappa shape index (κ3) is 3.16. The Hall–Kier alpha value is -0.500. The molecule has 1 amide bonds. The summed E-state index contributed by atoms with van der Waals surface area (Å²) in [5, 5.41) is 4.91. The number of thiocarbonyl (C=S) groups is 1. The van der Waals surface area contributed by atoms with Crippen molar-refractivity contribution in [1.29, 1.82) is 0 Å². The van der Waals surface area contributed by atoms with Gasteiger partial charge in [0.2, 0.25) is 5.91 Å². The largest absolute Gasteiger partial charge is 0.392 e. The summed E-state index contributed by atoms with van der Waals surface area (Å²) in [6.07, 6.45) is 1.11. The molecule has 1 aliphatic heterocycles. The first-order valence-electron chi connectivity index (χ1n) is 5.94. The average molecular weight is 363 g/mol. The summed E-state index contributed by atoms with van der Waals surface area (Å²) in [6, 6.07) is 1.96. The van der Waals surface area contributed by atoms with Crippen molar-refractivity contribution in [2.24, 2.45) is 11.1 Å². The second-order valence-corrected chi connectivity index (χ2v) is 6.73. The molecule has 7 heteroatoms. The molecular weight excluding hydrogens is 348 g/mol. The molecule has 0 spiro atoms. The van der Waals surface area contributed by atoms with Gasteiger partial charge in [0.1, 0.15) is 5.41 Å². The lowest BCUT2D eigenvalue weighted by Crippen LogP contribution is -2.51. The molecule has 2 rings (SSSR count). The van der Waals surface area contributed by atoms with Crippen molar-refractivity contribution in [2.75, 3.05) is 13.2 Å².